The number of ether oxygens (including phenoxy) is 2. The molecule has 0 saturated heterocycles. The van der Waals surface area contributed by atoms with Crippen LogP contribution in [0.15, 0.2) is 0 Å². The third-order valence-corrected chi connectivity index (χ3v) is 2.90. The maximum Gasteiger partial charge on any atom is 0.0880 e. The second-order valence-corrected chi connectivity index (χ2v) is 4.83. The zero-order valence-electron chi connectivity index (χ0n) is 10.3. The summed E-state index contributed by atoms with van der Waals surface area (Å²) in [5.41, 5.74) is -0.658. The van der Waals surface area contributed by atoms with Crippen LogP contribution < -0.4 is 0 Å². The van der Waals surface area contributed by atoms with E-state index >= 15 is 0 Å². The minimum atomic E-state index is -0.482. The van der Waals surface area contributed by atoms with E-state index in [1.54, 1.807) is 14.2 Å². The Morgan fingerprint density at radius 2 is 1.57 bits per heavy atom. The Balaban J connectivity index is 4.02. The fourth-order valence-electron chi connectivity index (χ4n) is 1.07. The van der Waals surface area contributed by atoms with E-state index in [0.717, 1.165) is 6.42 Å². The van der Waals surface area contributed by atoms with Crippen LogP contribution in [0.2, 0.25) is 0 Å². The minimum Gasteiger partial charge on any atom is -0.390 e. The Morgan fingerprint density at radius 3 is 1.93 bits per heavy atom. The molecule has 86 valence electrons. The number of aliphatic hydroxyl groups is 1. The van der Waals surface area contributed by atoms with Crippen LogP contribution in [-0.4, -0.2) is 36.6 Å². The topological polar surface area (TPSA) is 38.7 Å². The number of rotatable bonds is 6. The smallest absolute Gasteiger partial charge is 0.0880 e. The van der Waals surface area contributed by atoms with Gasteiger partial charge in [0.1, 0.15) is 0 Å². The molecule has 0 radical (unpaired) electrons. The van der Waals surface area contributed by atoms with E-state index in [2.05, 4.69) is 0 Å². The van der Waals surface area contributed by atoms with Crippen LogP contribution in [0.4, 0.5) is 0 Å². The van der Waals surface area contributed by atoms with Gasteiger partial charge in [0.05, 0.1) is 17.3 Å². The lowest BCUT2D eigenvalue weighted by molar-refractivity contribution is -0.0895. The summed E-state index contributed by atoms with van der Waals surface area (Å²) < 4.78 is 10.5. The zero-order chi connectivity index (χ0) is 11.4. The van der Waals surface area contributed by atoms with Crippen molar-refractivity contribution < 1.29 is 14.6 Å². The summed E-state index contributed by atoms with van der Waals surface area (Å²) in [5, 5.41) is 9.86. The molecule has 1 atom stereocenters. The molecule has 0 saturated carbocycles. The van der Waals surface area contributed by atoms with Gasteiger partial charge in [0.25, 0.3) is 0 Å². The van der Waals surface area contributed by atoms with Gasteiger partial charge in [-0.15, -0.1) is 0 Å². The number of hydrogen-bond donors (Lipinski definition) is 1. The van der Waals surface area contributed by atoms with E-state index in [-0.39, 0.29) is 5.60 Å². The fourth-order valence-corrected chi connectivity index (χ4v) is 1.07. The Hall–Kier alpha value is -0.120. The van der Waals surface area contributed by atoms with Crippen LogP contribution in [0, 0.1) is 0 Å². The van der Waals surface area contributed by atoms with Crippen molar-refractivity contribution in [2.24, 2.45) is 0 Å². The summed E-state index contributed by atoms with van der Waals surface area (Å²) in [6.45, 7) is 7.80. The van der Waals surface area contributed by atoms with Crippen molar-refractivity contribution in [2.75, 3.05) is 14.2 Å². The quantitative estimate of drug-likeness (QED) is 0.719. The van der Waals surface area contributed by atoms with Crippen molar-refractivity contribution in [3.05, 3.63) is 0 Å². The maximum atomic E-state index is 9.86. The molecule has 3 nitrogen and oxygen atoms in total. The number of hydrogen-bond acceptors (Lipinski definition) is 3. The molecule has 0 aliphatic rings. The first-order valence-corrected chi connectivity index (χ1v) is 5.03. The third-order valence-electron chi connectivity index (χ3n) is 2.90. The molecule has 0 aromatic rings. The lowest BCUT2D eigenvalue weighted by atomic mass is 9.92. The molecule has 0 aliphatic carbocycles. The van der Waals surface area contributed by atoms with Gasteiger partial charge in [-0.2, -0.15) is 0 Å². The maximum absolute atomic E-state index is 9.86. The molecule has 0 aromatic carbocycles. The first-order valence-electron chi connectivity index (χ1n) is 5.03. The van der Waals surface area contributed by atoms with Crippen molar-refractivity contribution in [3.63, 3.8) is 0 Å². The van der Waals surface area contributed by atoms with Gasteiger partial charge in [-0.25, -0.2) is 0 Å². The molecule has 0 aromatic heterocycles. The first-order chi connectivity index (χ1) is 6.25. The molecule has 0 heterocycles. The summed E-state index contributed by atoms with van der Waals surface area (Å²) in [6.07, 6.45) is 1.04. The lowest BCUT2D eigenvalue weighted by Crippen LogP contribution is -2.39. The van der Waals surface area contributed by atoms with Crippen molar-refractivity contribution in [3.8, 4) is 0 Å². The summed E-state index contributed by atoms with van der Waals surface area (Å²) >= 11 is 0. The van der Waals surface area contributed by atoms with E-state index in [9.17, 15) is 5.11 Å². The van der Waals surface area contributed by atoms with Crippen LogP contribution in [0.25, 0.3) is 0 Å². The lowest BCUT2D eigenvalue weighted by Gasteiger charge is -2.31. The summed E-state index contributed by atoms with van der Waals surface area (Å²) in [7, 11) is 3.30. The van der Waals surface area contributed by atoms with E-state index < -0.39 is 11.7 Å². The molecular formula is C11H24O3. The molecule has 0 bridgehead atoms. The molecule has 0 amide bonds. The van der Waals surface area contributed by atoms with Gasteiger partial charge in [-0.1, -0.05) is 0 Å². The van der Waals surface area contributed by atoms with E-state index in [0.29, 0.717) is 6.42 Å². The van der Waals surface area contributed by atoms with E-state index in [1.165, 1.54) is 0 Å². The van der Waals surface area contributed by atoms with Crippen LogP contribution in [-0.2, 0) is 9.47 Å². The van der Waals surface area contributed by atoms with Gasteiger partial charge in [0.15, 0.2) is 0 Å². The van der Waals surface area contributed by atoms with Crippen molar-refractivity contribution in [1.82, 2.24) is 0 Å². The van der Waals surface area contributed by atoms with Crippen LogP contribution in [0.3, 0.4) is 0 Å². The largest absolute Gasteiger partial charge is 0.390 e. The molecule has 0 fully saturated rings. The summed E-state index contributed by atoms with van der Waals surface area (Å²) in [4.78, 5) is 0. The molecule has 0 spiro atoms. The normalized spacial score (nSPS) is 15.6. The average molecular weight is 204 g/mol. The van der Waals surface area contributed by atoms with Crippen LogP contribution >= 0.6 is 0 Å². The molecule has 1 N–H and O–H groups in total. The second-order valence-electron chi connectivity index (χ2n) is 4.83. The van der Waals surface area contributed by atoms with Crippen LogP contribution in [0.1, 0.15) is 40.5 Å². The van der Waals surface area contributed by atoms with Crippen LogP contribution in [0.5, 0.6) is 0 Å². The molecule has 14 heavy (non-hydrogen) atoms. The SMILES string of the molecule is COC(C)(C)CCC(O)C(C)(C)OC. The highest BCUT2D eigenvalue weighted by atomic mass is 16.5. The molecule has 1 unspecified atom stereocenters. The van der Waals surface area contributed by atoms with Gasteiger partial charge < -0.3 is 14.6 Å². The summed E-state index contributed by atoms with van der Waals surface area (Å²) in [5.74, 6) is 0. The highest BCUT2D eigenvalue weighted by molar-refractivity contribution is 4.81. The Kier molecular flexibility index (Phi) is 5.06. The predicted octanol–water partition coefficient (Wildman–Crippen LogP) is 1.98. The zero-order valence-corrected chi connectivity index (χ0v) is 10.3. The third kappa shape index (κ3) is 4.40. The first kappa shape index (κ1) is 13.9. The standard InChI is InChI=1S/C11H24O3/c1-10(2,13-5)8-7-9(12)11(3,4)14-6/h9,12H,7-8H2,1-6H3. The molecule has 0 rings (SSSR count). The highest BCUT2D eigenvalue weighted by Crippen LogP contribution is 2.23. The van der Waals surface area contributed by atoms with Crippen molar-refractivity contribution in [1.29, 1.82) is 0 Å². The van der Waals surface area contributed by atoms with Crippen molar-refractivity contribution >= 4 is 0 Å². The number of methoxy groups -OCH3 is 2. The number of aliphatic hydroxyl groups excluding tert-OH is 1. The Morgan fingerprint density at radius 1 is 1.07 bits per heavy atom. The van der Waals surface area contributed by atoms with Gasteiger partial charge in [0.2, 0.25) is 0 Å². The highest BCUT2D eigenvalue weighted by Gasteiger charge is 2.29. The Bertz CT molecular complexity index is 164. The molecular weight excluding hydrogens is 180 g/mol. The predicted molar refractivity (Wildman–Crippen MR) is 57.4 cm³/mol. The van der Waals surface area contributed by atoms with E-state index in [1.807, 2.05) is 27.7 Å². The van der Waals surface area contributed by atoms with Gasteiger partial charge in [0, 0.05) is 14.2 Å². The Labute approximate surface area is 87.4 Å². The molecule has 3 heteroatoms. The van der Waals surface area contributed by atoms with Gasteiger partial charge in [-0.05, 0) is 40.5 Å². The van der Waals surface area contributed by atoms with E-state index in [4.69, 9.17) is 9.47 Å². The monoisotopic (exact) mass is 204 g/mol. The average Bonchev–Trinajstić information content (AvgIpc) is 2.14. The summed E-state index contributed by atoms with van der Waals surface area (Å²) in [6, 6.07) is 0. The second kappa shape index (κ2) is 5.10. The fraction of sp³-hybridized carbons (Fsp3) is 1.00. The van der Waals surface area contributed by atoms with Gasteiger partial charge in [-0.3, -0.25) is 0 Å². The van der Waals surface area contributed by atoms with Crippen molar-refractivity contribution in [2.45, 2.75) is 57.8 Å². The molecule has 0 aliphatic heterocycles. The van der Waals surface area contributed by atoms with Gasteiger partial charge >= 0.3 is 0 Å². The minimum absolute atomic E-state index is 0.176.